The molecule has 0 aliphatic carbocycles. The normalized spacial score (nSPS) is 13.8. The minimum atomic E-state index is -0.352. The van der Waals surface area contributed by atoms with Crippen LogP contribution in [-0.2, 0) is 12.8 Å². The van der Waals surface area contributed by atoms with E-state index in [0.717, 1.165) is 30.0 Å². The van der Waals surface area contributed by atoms with Gasteiger partial charge in [0.1, 0.15) is 0 Å². The standard InChI is InChI=1S/C14H25N3O2S/c1-4-12-16-11(10-20-12)6-8-15-13(19)17-14(3,5-2)7-9-18/h10,18H,4-9H2,1-3H3,(H2,15,17,19). The van der Waals surface area contributed by atoms with E-state index >= 15 is 0 Å². The van der Waals surface area contributed by atoms with Crippen LogP contribution < -0.4 is 10.6 Å². The average Bonchev–Trinajstić information content (AvgIpc) is 2.87. The van der Waals surface area contributed by atoms with Gasteiger partial charge in [-0.3, -0.25) is 0 Å². The van der Waals surface area contributed by atoms with Gasteiger partial charge in [-0.1, -0.05) is 13.8 Å². The summed E-state index contributed by atoms with van der Waals surface area (Å²) in [5.74, 6) is 0. The molecule has 5 nitrogen and oxygen atoms in total. The van der Waals surface area contributed by atoms with E-state index in [1.54, 1.807) is 11.3 Å². The lowest BCUT2D eigenvalue weighted by molar-refractivity contribution is 0.201. The van der Waals surface area contributed by atoms with Crippen molar-refractivity contribution in [2.24, 2.45) is 0 Å². The summed E-state index contributed by atoms with van der Waals surface area (Å²) in [6.07, 6.45) is 3.04. The van der Waals surface area contributed by atoms with E-state index in [4.69, 9.17) is 5.11 Å². The lowest BCUT2D eigenvalue weighted by Crippen LogP contribution is -2.50. The van der Waals surface area contributed by atoms with Crippen molar-refractivity contribution in [3.8, 4) is 0 Å². The number of aliphatic hydroxyl groups is 1. The third kappa shape index (κ3) is 5.46. The van der Waals surface area contributed by atoms with Crippen molar-refractivity contribution in [2.75, 3.05) is 13.2 Å². The first kappa shape index (κ1) is 16.9. The first-order valence-corrected chi connectivity index (χ1v) is 8.01. The van der Waals surface area contributed by atoms with E-state index in [1.807, 2.05) is 19.2 Å². The van der Waals surface area contributed by atoms with E-state index < -0.39 is 0 Å². The Hall–Kier alpha value is -1.14. The van der Waals surface area contributed by atoms with Crippen LogP contribution in [0.2, 0.25) is 0 Å². The highest BCUT2D eigenvalue weighted by atomic mass is 32.1. The molecular formula is C14H25N3O2S. The molecule has 1 aromatic rings. The summed E-state index contributed by atoms with van der Waals surface area (Å²) in [5.41, 5.74) is 0.676. The smallest absolute Gasteiger partial charge is 0.315 e. The molecule has 1 unspecified atom stereocenters. The second kappa shape index (κ2) is 8.21. The zero-order chi connectivity index (χ0) is 15.0. The van der Waals surface area contributed by atoms with Crippen molar-refractivity contribution in [3.63, 3.8) is 0 Å². The van der Waals surface area contributed by atoms with Crippen molar-refractivity contribution < 1.29 is 9.90 Å². The van der Waals surface area contributed by atoms with E-state index in [9.17, 15) is 4.79 Å². The van der Waals surface area contributed by atoms with Crippen LogP contribution in [0.3, 0.4) is 0 Å². The first-order valence-electron chi connectivity index (χ1n) is 7.13. The summed E-state index contributed by atoms with van der Waals surface area (Å²) < 4.78 is 0. The van der Waals surface area contributed by atoms with Crippen molar-refractivity contribution in [1.29, 1.82) is 0 Å². The molecule has 1 heterocycles. The molecule has 1 rings (SSSR count). The molecule has 0 fully saturated rings. The molecule has 2 amide bonds. The maximum Gasteiger partial charge on any atom is 0.315 e. The average molecular weight is 299 g/mol. The third-order valence-electron chi connectivity index (χ3n) is 3.43. The summed E-state index contributed by atoms with van der Waals surface area (Å²) >= 11 is 1.66. The SMILES string of the molecule is CCc1nc(CCNC(=O)NC(C)(CC)CCO)cs1. The molecule has 0 radical (unpaired) electrons. The zero-order valence-corrected chi connectivity index (χ0v) is 13.3. The Kier molecular flexibility index (Phi) is 6.95. The molecule has 0 aliphatic heterocycles. The number of aromatic nitrogens is 1. The van der Waals surface area contributed by atoms with Gasteiger partial charge >= 0.3 is 6.03 Å². The quantitative estimate of drug-likeness (QED) is 0.688. The molecule has 1 atom stereocenters. The molecule has 20 heavy (non-hydrogen) atoms. The van der Waals surface area contributed by atoms with Gasteiger partial charge in [-0.15, -0.1) is 11.3 Å². The Morgan fingerprint density at radius 3 is 2.80 bits per heavy atom. The third-order valence-corrected chi connectivity index (χ3v) is 4.47. The van der Waals surface area contributed by atoms with Crippen LogP contribution in [0.5, 0.6) is 0 Å². The fraction of sp³-hybridized carbons (Fsp3) is 0.714. The predicted molar refractivity (Wildman–Crippen MR) is 82.1 cm³/mol. The fourth-order valence-corrected chi connectivity index (χ4v) is 2.60. The summed E-state index contributed by atoms with van der Waals surface area (Å²) in [6, 6.07) is -0.186. The predicted octanol–water partition coefficient (Wildman–Crippen LogP) is 2.10. The number of nitrogens with one attached hydrogen (secondary N) is 2. The van der Waals surface area contributed by atoms with Gasteiger partial charge in [-0.25, -0.2) is 9.78 Å². The Labute approximate surface area is 124 Å². The maximum absolute atomic E-state index is 11.8. The number of carbonyl (C=O) groups excluding carboxylic acids is 1. The van der Waals surface area contributed by atoms with Gasteiger partial charge in [0.05, 0.1) is 10.7 Å². The highest BCUT2D eigenvalue weighted by Crippen LogP contribution is 2.13. The highest BCUT2D eigenvalue weighted by molar-refractivity contribution is 7.09. The number of nitrogens with zero attached hydrogens (tertiary/aromatic N) is 1. The Morgan fingerprint density at radius 1 is 1.50 bits per heavy atom. The number of aryl methyl sites for hydroxylation is 1. The van der Waals surface area contributed by atoms with Crippen LogP contribution in [-0.4, -0.2) is 34.8 Å². The molecular weight excluding hydrogens is 274 g/mol. The number of amides is 2. The number of carbonyl (C=O) groups is 1. The molecule has 0 saturated carbocycles. The van der Waals surface area contributed by atoms with E-state index in [-0.39, 0.29) is 18.2 Å². The Bertz CT molecular complexity index is 422. The van der Waals surface area contributed by atoms with Crippen LogP contribution in [0.15, 0.2) is 5.38 Å². The largest absolute Gasteiger partial charge is 0.396 e. The van der Waals surface area contributed by atoms with Gasteiger partial charge in [-0.2, -0.15) is 0 Å². The highest BCUT2D eigenvalue weighted by Gasteiger charge is 2.23. The van der Waals surface area contributed by atoms with Gasteiger partial charge < -0.3 is 15.7 Å². The molecule has 0 saturated heterocycles. The van der Waals surface area contributed by atoms with Crippen molar-refractivity contribution in [3.05, 3.63) is 16.1 Å². The lowest BCUT2D eigenvalue weighted by Gasteiger charge is -2.28. The van der Waals surface area contributed by atoms with E-state index in [1.165, 1.54) is 0 Å². The minimum Gasteiger partial charge on any atom is -0.396 e. The second-order valence-corrected chi connectivity index (χ2v) is 6.05. The summed E-state index contributed by atoms with van der Waals surface area (Å²) in [6.45, 7) is 6.66. The van der Waals surface area contributed by atoms with Gasteiger partial charge in [0.2, 0.25) is 0 Å². The van der Waals surface area contributed by atoms with Crippen molar-refractivity contribution >= 4 is 17.4 Å². The molecule has 0 aromatic carbocycles. The van der Waals surface area contributed by atoms with Crippen LogP contribution >= 0.6 is 11.3 Å². The molecule has 0 aliphatic rings. The lowest BCUT2D eigenvalue weighted by atomic mass is 9.95. The van der Waals surface area contributed by atoms with E-state index in [0.29, 0.717) is 13.0 Å². The molecule has 0 bridgehead atoms. The molecule has 114 valence electrons. The van der Waals surface area contributed by atoms with Crippen molar-refractivity contribution in [1.82, 2.24) is 15.6 Å². The van der Waals surface area contributed by atoms with Crippen LogP contribution in [0.1, 0.15) is 44.3 Å². The number of urea groups is 1. The maximum atomic E-state index is 11.8. The number of hydrogen-bond donors (Lipinski definition) is 3. The summed E-state index contributed by atoms with van der Waals surface area (Å²) in [4.78, 5) is 16.3. The van der Waals surface area contributed by atoms with E-state index in [2.05, 4.69) is 22.5 Å². The van der Waals surface area contributed by atoms with Gasteiger partial charge in [-0.05, 0) is 26.2 Å². The molecule has 6 heteroatoms. The topological polar surface area (TPSA) is 74.2 Å². The number of aliphatic hydroxyl groups excluding tert-OH is 1. The molecule has 1 aromatic heterocycles. The molecule has 0 spiro atoms. The number of thiazole rings is 1. The summed E-state index contributed by atoms with van der Waals surface area (Å²) in [7, 11) is 0. The van der Waals surface area contributed by atoms with Gasteiger partial charge in [0.25, 0.3) is 0 Å². The number of rotatable bonds is 8. The van der Waals surface area contributed by atoms with Crippen LogP contribution in [0, 0.1) is 0 Å². The number of hydrogen-bond acceptors (Lipinski definition) is 4. The molecule has 3 N–H and O–H groups in total. The Balaban J connectivity index is 2.32. The monoisotopic (exact) mass is 299 g/mol. The van der Waals surface area contributed by atoms with Crippen LogP contribution in [0.4, 0.5) is 4.79 Å². The zero-order valence-electron chi connectivity index (χ0n) is 12.5. The summed E-state index contributed by atoms with van der Waals surface area (Å²) in [5, 5.41) is 17.9. The second-order valence-electron chi connectivity index (χ2n) is 5.10. The van der Waals surface area contributed by atoms with Gasteiger partial charge in [0.15, 0.2) is 0 Å². The minimum absolute atomic E-state index is 0.0727. The van der Waals surface area contributed by atoms with Crippen molar-refractivity contribution in [2.45, 2.75) is 52.0 Å². The Morgan fingerprint density at radius 2 is 2.25 bits per heavy atom. The first-order chi connectivity index (χ1) is 9.53. The fourth-order valence-electron chi connectivity index (χ4n) is 1.82. The van der Waals surface area contributed by atoms with Crippen LogP contribution in [0.25, 0.3) is 0 Å². The van der Waals surface area contributed by atoms with Gasteiger partial charge in [0, 0.05) is 30.5 Å².